The molecule has 0 aliphatic carbocycles. The summed E-state index contributed by atoms with van der Waals surface area (Å²) in [4.78, 5) is 38.0. The normalized spacial score (nSPS) is 15.7. The van der Waals surface area contributed by atoms with Gasteiger partial charge in [0.05, 0.1) is 9.38 Å². The largest absolute Gasteiger partial charge is 0.449 e. The molecule has 1 aromatic heterocycles. The van der Waals surface area contributed by atoms with Crippen molar-refractivity contribution in [3.63, 3.8) is 0 Å². The Kier molecular flexibility index (Phi) is 5.92. The maximum Gasteiger partial charge on any atom is 0.294 e. The van der Waals surface area contributed by atoms with E-state index in [1.54, 1.807) is 12.1 Å². The molecule has 1 saturated heterocycles. The van der Waals surface area contributed by atoms with Crippen LogP contribution >= 0.6 is 43.6 Å². The molecule has 6 nitrogen and oxygen atoms in total. The van der Waals surface area contributed by atoms with E-state index in [-0.39, 0.29) is 11.4 Å². The first kappa shape index (κ1) is 19.9. The zero-order valence-electron chi connectivity index (χ0n) is 14.3. The first-order valence-electron chi connectivity index (χ1n) is 7.82. The van der Waals surface area contributed by atoms with Crippen LogP contribution in [0.4, 0.5) is 10.5 Å². The molecular formula is C18H14Br2N2O4S. The Labute approximate surface area is 176 Å². The highest BCUT2D eigenvalue weighted by Crippen LogP contribution is 2.34. The second-order valence-corrected chi connectivity index (χ2v) is 8.45. The minimum absolute atomic E-state index is 0.202. The van der Waals surface area contributed by atoms with Gasteiger partial charge in [-0.15, -0.1) is 0 Å². The van der Waals surface area contributed by atoms with Gasteiger partial charge in [-0.3, -0.25) is 19.3 Å². The fourth-order valence-corrected chi connectivity index (χ4v) is 3.79. The van der Waals surface area contributed by atoms with Crippen LogP contribution in [0.2, 0.25) is 0 Å². The number of thioether (sulfide) groups is 1. The summed E-state index contributed by atoms with van der Waals surface area (Å²) in [5.74, 6) is -0.548. The van der Waals surface area contributed by atoms with Crippen LogP contribution in [0, 0.1) is 13.8 Å². The molecule has 9 heteroatoms. The highest BCUT2D eigenvalue weighted by Gasteiger charge is 2.36. The van der Waals surface area contributed by atoms with Gasteiger partial charge in [-0.2, -0.15) is 0 Å². The molecule has 1 aromatic carbocycles. The number of benzene rings is 1. The number of amides is 3. The Balaban J connectivity index is 1.69. The van der Waals surface area contributed by atoms with Crippen molar-refractivity contribution in [1.82, 2.24) is 4.90 Å². The molecule has 0 radical (unpaired) electrons. The van der Waals surface area contributed by atoms with Gasteiger partial charge in [0.1, 0.15) is 12.3 Å². The number of rotatable bonds is 4. The monoisotopic (exact) mass is 512 g/mol. The van der Waals surface area contributed by atoms with E-state index in [9.17, 15) is 14.4 Å². The van der Waals surface area contributed by atoms with Gasteiger partial charge >= 0.3 is 0 Å². The molecule has 3 amide bonds. The summed E-state index contributed by atoms with van der Waals surface area (Å²) in [6, 6.07) is 7.19. The number of imide groups is 1. The molecule has 1 aliphatic rings. The van der Waals surface area contributed by atoms with E-state index in [0.717, 1.165) is 27.8 Å². The third-order valence-corrected chi connectivity index (χ3v) is 6.52. The third kappa shape index (κ3) is 4.53. The van der Waals surface area contributed by atoms with Crippen molar-refractivity contribution < 1.29 is 18.8 Å². The maximum atomic E-state index is 12.5. The molecule has 0 unspecified atom stereocenters. The minimum Gasteiger partial charge on any atom is -0.449 e. The second-order valence-electron chi connectivity index (χ2n) is 5.89. The predicted molar refractivity (Wildman–Crippen MR) is 111 cm³/mol. The van der Waals surface area contributed by atoms with Crippen LogP contribution in [0.3, 0.4) is 0 Å². The minimum atomic E-state index is -0.524. The van der Waals surface area contributed by atoms with Crippen molar-refractivity contribution in [2.45, 2.75) is 13.8 Å². The van der Waals surface area contributed by atoms with E-state index in [1.807, 2.05) is 26.0 Å². The van der Waals surface area contributed by atoms with Crippen molar-refractivity contribution in [1.29, 1.82) is 0 Å². The Bertz CT molecular complexity index is 964. The number of anilines is 1. The smallest absolute Gasteiger partial charge is 0.294 e. The molecule has 1 fully saturated rings. The van der Waals surface area contributed by atoms with Crippen molar-refractivity contribution in [3.05, 3.63) is 55.2 Å². The molecule has 140 valence electrons. The zero-order valence-corrected chi connectivity index (χ0v) is 18.3. The van der Waals surface area contributed by atoms with E-state index in [2.05, 4.69) is 37.2 Å². The summed E-state index contributed by atoms with van der Waals surface area (Å²) in [5, 5.41) is 2.21. The van der Waals surface area contributed by atoms with Gasteiger partial charge in [0.2, 0.25) is 5.91 Å². The first-order valence-corrected chi connectivity index (χ1v) is 10.2. The van der Waals surface area contributed by atoms with Crippen LogP contribution in [-0.4, -0.2) is 28.5 Å². The van der Waals surface area contributed by atoms with E-state index in [1.165, 1.54) is 6.08 Å². The fourth-order valence-electron chi connectivity index (χ4n) is 2.36. The zero-order chi connectivity index (χ0) is 19.7. The molecule has 0 atom stereocenters. The first-order chi connectivity index (χ1) is 12.7. The van der Waals surface area contributed by atoms with Crippen LogP contribution in [0.25, 0.3) is 6.08 Å². The lowest BCUT2D eigenvalue weighted by molar-refractivity contribution is -0.127. The number of nitrogens with one attached hydrogen (secondary N) is 1. The lowest BCUT2D eigenvalue weighted by Gasteiger charge is -2.13. The van der Waals surface area contributed by atoms with Crippen LogP contribution in [0.15, 0.2) is 42.7 Å². The summed E-state index contributed by atoms with van der Waals surface area (Å²) in [6.07, 6.45) is 1.47. The van der Waals surface area contributed by atoms with Gasteiger partial charge in [0.15, 0.2) is 4.67 Å². The average Bonchev–Trinajstić information content (AvgIpc) is 3.04. The van der Waals surface area contributed by atoms with Crippen LogP contribution < -0.4 is 5.32 Å². The van der Waals surface area contributed by atoms with Gasteiger partial charge in [0.25, 0.3) is 11.1 Å². The van der Waals surface area contributed by atoms with Crippen LogP contribution in [0.5, 0.6) is 0 Å². The topological polar surface area (TPSA) is 79.6 Å². The van der Waals surface area contributed by atoms with Crippen molar-refractivity contribution in [3.8, 4) is 0 Å². The lowest BCUT2D eigenvalue weighted by Crippen LogP contribution is -2.36. The molecule has 3 rings (SSSR count). The predicted octanol–water partition coefficient (Wildman–Crippen LogP) is 5.10. The highest BCUT2D eigenvalue weighted by molar-refractivity contribution is 9.13. The molecule has 1 N–H and O–H groups in total. The van der Waals surface area contributed by atoms with Crippen molar-refractivity contribution in [2.75, 3.05) is 11.9 Å². The summed E-state index contributed by atoms with van der Waals surface area (Å²) < 4.78 is 6.58. The number of furan rings is 1. The Morgan fingerprint density at radius 2 is 1.96 bits per heavy atom. The Morgan fingerprint density at radius 3 is 2.59 bits per heavy atom. The van der Waals surface area contributed by atoms with Crippen molar-refractivity contribution >= 4 is 72.4 Å². The number of hydrogen-bond acceptors (Lipinski definition) is 5. The molecular weight excluding hydrogens is 500 g/mol. The van der Waals surface area contributed by atoms with Gasteiger partial charge < -0.3 is 9.73 Å². The van der Waals surface area contributed by atoms with E-state index < -0.39 is 17.1 Å². The lowest BCUT2D eigenvalue weighted by atomic mass is 10.1. The SMILES string of the molecule is Cc1ccc(NC(=O)CN2C(=O)S/C(=C/c3cc(Br)c(Br)o3)C2=O)cc1C. The van der Waals surface area contributed by atoms with Crippen LogP contribution in [0.1, 0.15) is 16.9 Å². The van der Waals surface area contributed by atoms with Gasteiger partial charge in [-0.05, 0) is 86.8 Å². The second kappa shape index (κ2) is 8.04. The summed E-state index contributed by atoms with van der Waals surface area (Å²) in [6.45, 7) is 3.57. The quantitative estimate of drug-likeness (QED) is 0.575. The fraction of sp³-hybridized carbons (Fsp3) is 0.167. The van der Waals surface area contributed by atoms with E-state index >= 15 is 0 Å². The molecule has 0 saturated carbocycles. The third-order valence-electron chi connectivity index (χ3n) is 3.90. The Hall–Kier alpha value is -1.84. The standard InChI is InChI=1S/C18H14Br2N2O4S/c1-9-3-4-11(5-10(9)2)21-15(23)8-22-17(24)14(27-18(22)25)7-12-6-13(19)16(20)26-12/h3-7H,8H2,1-2H3,(H,21,23)/b14-7+. The van der Waals surface area contributed by atoms with Crippen molar-refractivity contribution in [2.24, 2.45) is 0 Å². The molecule has 27 heavy (non-hydrogen) atoms. The number of aryl methyl sites for hydroxylation is 2. The van der Waals surface area contributed by atoms with E-state index in [0.29, 0.717) is 20.6 Å². The van der Waals surface area contributed by atoms with Gasteiger partial charge in [-0.1, -0.05) is 6.07 Å². The number of halogens is 2. The van der Waals surface area contributed by atoms with Crippen LogP contribution in [-0.2, 0) is 9.59 Å². The number of nitrogens with zero attached hydrogens (tertiary/aromatic N) is 1. The summed E-state index contributed by atoms with van der Waals surface area (Å²) in [5.41, 5.74) is 2.77. The molecule has 0 spiro atoms. The number of carbonyl (C=O) groups excluding carboxylic acids is 3. The number of hydrogen-bond donors (Lipinski definition) is 1. The van der Waals surface area contributed by atoms with E-state index in [4.69, 9.17) is 4.42 Å². The molecule has 0 bridgehead atoms. The summed E-state index contributed by atoms with van der Waals surface area (Å²) in [7, 11) is 0. The molecule has 1 aliphatic heterocycles. The molecule has 2 heterocycles. The van der Waals surface area contributed by atoms with Gasteiger partial charge in [0, 0.05) is 11.8 Å². The average molecular weight is 514 g/mol. The number of carbonyl (C=O) groups is 3. The Morgan fingerprint density at radius 1 is 1.22 bits per heavy atom. The maximum absolute atomic E-state index is 12.5. The van der Waals surface area contributed by atoms with Gasteiger partial charge in [-0.25, -0.2) is 0 Å². The summed E-state index contributed by atoms with van der Waals surface area (Å²) >= 11 is 7.27. The molecule has 2 aromatic rings. The highest BCUT2D eigenvalue weighted by atomic mass is 79.9.